The molecule has 11 nitrogen and oxygen atoms in total. The highest BCUT2D eigenvalue weighted by Gasteiger charge is 2.32. The van der Waals surface area contributed by atoms with Gasteiger partial charge in [-0.2, -0.15) is 0 Å². The summed E-state index contributed by atoms with van der Waals surface area (Å²) in [4.78, 5) is 39.8. The van der Waals surface area contributed by atoms with Crippen molar-refractivity contribution in [2.45, 2.75) is 77.7 Å². The minimum atomic E-state index is -1.09. The Bertz CT molecular complexity index is 1170. The molecule has 0 aliphatic rings. The summed E-state index contributed by atoms with van der Waals surface area (Å²) < 4.78 is 21.3. The van der Waals surface area contributed by atoms with Crippen LogP contribution in [-0.4, -0.2) is 93.5 Å². The van der Waals surface area contributed by atoms with E-state index in [1.165, 1.54) is 0 Å². The maximum Gasteiger partial charge on any atom is 0.407 e. The summed E-state index contributed by atoms with van der Waals surface area (Å²) in [5.41, 5.74) is 1.10. The summed E-state index contributed by atoms with van der Waals surface area (Å²) >= 11 is 0. The van der Waals surface area contributed by atoms with Crippen molar-refractivity contribution >= 4 is 17.9 Å². The van der Waals surface area contributed by atoms with Crippen LogP contribution in [0.25, 0.3) is 0 Å². The molecule has 0 spiro atoms. The molecule has 0 bridgehead atoms. The number of rotatable bonds is 21. The third kappa shape index (κ3) is 16.7. The number of aliphatic hydroxyl groups excluding tert-OH is 1. The zero-order chi connectivity index (χ0) is 34.7. The first-order valence-corrected chi connectivity index (χ1v) is 16.4. The molecule has 262 valence electrons. The van der Waals surface area contributed by atoms with Gasteiger partial charge in [0.2, 0.25) is 11.8 Å². The molecule has 2 aromatic carbocycles. The van der Waals surface area contributed by atoms with E-state index in [-0.39, 0.29) is 30.7 Å². The molecule has 4 N–H and O–H groups in total. The number of benzene rings is 2. The first kappa shape index (κ1) is 39.7. The number of hydrogen-bond donors (Lipinski definition) is 4. The number of nitrogens with one attached hydrogen (secondary N) is 3. The smallest absolute Gasteiger partial charge is 0.407 e. The molecule has 47 heavy (non-hydrogen) atoms. The Hall–Kier alpha value is -3.51. The van der Waals surface area contributed by atoms with Crippen LogP contribution < -0.4 is 16.0 Å². The van der Waals surface area contributed by atoms with Gasteiger partial charge in [0, 0.05) is 19.6 Å². The highest BCUT2D eigenvalue weighted by atomic mass is 16.6. The summed E-state index contributed by atoms with van der Waals surface area (Å²) in [6.45, 7) is 11.4. The number of alkyl carbamates (subject to hydrolysis) is 1. The molecule has 0 radical (unpaired) electrons. The molecule has 0 saturated heterocycles. The Kier molecular flexibility index (Phi) is 18.0. The van der Waals surface area contributed by atoms with E-state index in [9.17, 15) is 19.5 Å². The van der Waals surface area contributed by atoms with Crippen molar-refractivity contribution in [1.82, 2.24) is 16.0 Å². The van der Waals surface area contributed by atoms with Gasteiger partial charge in [0.25, 0.3) is 0 Å². The molecule has 0 aromatic heterocycles. The maximum absolute atomic E-state index is 13.9. The lowest BCUT2D eigenvalue weighted by Gasteiger charge is -2.30. The first-order valence-electron chi connectivity index (χ1n) is 16.4. The topological polar surface area (TPSA) is 144 Å². The van der Waals surface area contributed by atoms with Gasteiger partial charge in [0.1, 0.15) is 11.6 Å². The maximum atomic E-state index is 13.9. The standard InChI is InChI=1S/C36H55N3O8/c1-26(2)32(34(42)37-17-18-45-21-22-46-20-19-44-6)39-33(41)29(23-27-13-9-7-10-14-27)25-31(40)30(24-28-15-11-8-12-16-28)38-35(43)47-36(3,4)5/h7-16,26,29-32,40H,17-25H2,1-6H3,(H,37,42)(H,38,43)(H,39,41)/t29-,30-,31-,32-/m0/s1. The number of aliphatic hydroxyl groups is 1. The molecule has 4 atom stereocenters. The number of methoxy groups -OCH3 is 1. The van der Waals surface area contributed by atoms with E-state index in [0.29, 0.717) is 45.9 Å². The molecule has 0 aliphatic carbocycles. The van der Waals surface area contributed by atoms with Gasteiger partial charge in [-0.3, -0.25) is 9.59 Å². The van der Waals surface area contributed by atoms with Crippen molar-refractivity contribution in [2.24, 2.45) is 11.8 Å². The van der Waals surface area contributed by atoms with Crippen LogP contribution in [0.4, 0.5) is 4.79 Å². The van der Waals surface area contributed by atoms with E-state index in [0.717, 1.165) is 11.1 Å². The van der Waals surface area contributed by atoms with Crippen molar-refractivity contribution < 1.29 is 38.4 Å². The molecule has 0 fully saturated rings. The van der Waals surface area contributed by atoms with Gasteiger partial charge in [0.15, 0.2) is 0 Å². The average molecular weight is 658 g/mol. The monoisotopic (exact) mass is 657 g/mol. The first-order chi connectivity index (χ1) is 22.4. The predicted octanol–water partition coefficient (Wildman–Crippen LogP) is 3.67. The molecule has 0 aliphatic heterocycles. The number of hydrogen-bond acceptors (Lipinski definition) is 8. The zero-order valence-corrected chi connectivity index (χ0v) is 28.8. The normalized spacial score (nSPS) is 14.1. The van der Waals surface area contributed by atoms with Crippen molar-refractivity contribution in [1.29, 1.82) is 0 Å². The van der Waals surface area contributed by atoms with E-state index in [1.807, 2.05) is 74.5 Å². The largest absolute Gasteiger partial charge is 0.444 e. The zero-order valence-electron chi connectivity index (χ0n) is 28.8. The Morgan fingerprint density at radius 2 is 1.32 bits per heavy atom. The van der Waals surface area contributed by atoms with Gasteiger partial charge in [-0.1, -0.05) is 74.5 Å². The minimum Gasteiger partial charge on any atom is -0.444 e. The number of ether oxygens (including phenoxy) is 4. The Balaban J connectivity index is 2.13. The number of amides is 3. The van der Waals surface area contributed by atoms with Gasteiger partial charge >= 0.3 is 6.09 Å². The van der Waals surface area contributed by atoms with Crippen LogP contribution in [0, 0.1) is 11.8 Å². The van der Waals surface area contributed by atoms with Crippen LogP contribution in [0.15, 0.2) is 60.7 Å². The summed E-state index contributed by atoms with van der Waals surface area (Å²) in [5.74, 6) is -1.57. The van der Waals surface area contributed by atoms with Gasteiger partial charge in [-0.15, -0.1) is 0 Å². The SMILES string of the molecule is COCCOCCOCCNC(=O)[C@@H](NC(=O)[C@@H](Cc1ccccc1)C[C@H](O)[C@H](Cc1ccccc1)NC(=O)OC(C)(C)C)C(C)C. The summed E-state index contributed by atoms with van der Waals surface area (Å²) in [5, 5.41) is 20.2. The van der Waals surface area contributed by atoms with Gasteiger partial charge in [-0.05, 0) is 57.1 Å². The van der Waals surface area contributed by atoms with Crippen LogP contribution in [0.2, 0.25) is 0 Å². The van der Waals surface area contributed by atoms with E-state index >= 15 is 0 Å². The van der Waals surface area contributed by atoms with Crippen LogP contribution in [0.3, 0.4) is 0 Å². The van der Waals surface area contributed by atoms with Crippen LogP contribution in [0.5, 0.6) is 0 Å². The van der Waals surface area contributed by atoms with Gasteiger partial charge < -0.3 is 40.0 Å². The lowest BCUT2D eigenvalue weighted by molar-refractivity contribution is -0.133. The molecule has 0 saturated carbocycles. The van der Waals surface area contributed by atoms with Crippen LogP contribution in [0.1, 0.15) is 52.2 Å². The quantitative estimate of drug-likeness (QED) is 0.149. The third-order valence-electron chi connectivity index (χ3n) is 7.28. The fraction of sp³-hybridized carbons (Fsp3) is 0.583. The van der Waals surface area contributed by atoms with Crippen molar-refractivity contribution in [3.05, 3.63) is 71.8 Å². The van der Waals surface area contributed by atoms with Crippen molar-refractivity contribution in [2.75, 3.05) is 46.7 Å². The molecule has 2 rings (SSSR count). The van der Waals surface area contributed by atoms with E-state index < -0.39 is 35.8 Å². The molecule has 3 amide bonds. The van der Waals surface area contributed by atoms with Crippen LogP contribution in [-0.2, 0) is 41.4 Å². The predicted molar refractivity (Wildman–Crippen MR) is 181 cm³/mol. The number of carbonyl (C=O) groups is 3. The highest BCUT2D eigenvalue weighted by molar-refractivity contribution is 5.88. The van der Waals surface area contributed by atoms with E-state index in [2.05, 4.69) is 16.0 Å². The Morgan fingerprint density at radius 1 is 0.766 bits per heavy atom. The van der Waals surface area contributed by atoms with Gasteiger partial charge in [-0.25, -0.2) is 4.79 Å². The second-order valence-corrected chi connectivity index (χ2v) is 12.9. The fourth-order valence-electron chi connectivity index (χ4n) is 4.87. The highest BCUT2D eigenvalue weighted by Crippen LogP contribution is 2.20. The molecular weight excluding hydrogens is 602 g/mol. The molecule has 11 heteroatoms. The number of carbonyl (C=O) groups excluding carboxylic acids is 3. The van der Waals surface area contributed by atoms with Crippen LogP contribution >= 0.6 is 0 Å². The van der Waals surface area contributed by atoms with Crippen molar-refractivity contribution in [3.63, 3.8) is 0 Å². The van der Waals surface area contributed by atoms with Gasteiger partial charge in [0.05, 0.1) is 45.2 Å². The molecular formula is C36H55N3O8. The lowest BCUT2D eigenvalue weighted by Crippen LogP contribution is -2.53. The fourth-order valence-corrected chi connectivity index (χ4v) is 4.87. The molecule has 0 heterocycles. The second kappa shape index (κ2) is 21.4. The Labute approximate surface area is 280 Å². The Morgan fingerprint density at radius 3 is 1.87 bits per heavy atom. The van der Waals surface area contributed by atoms with Crippen molar-refractivity contribution in [3.8, 4) is 0 Å². The molecule has 0 unspecified atom stereocenters. The molecule has 2 aromatic rings. The van der Waals surface area contributed by atoms with E-state index in [4.69, 9.17) is 18.9 Å². The van der Waals surface area contributed by atoms with E-state index in [1.54, 1.807) is 27.9 Å². The summed E-state index contributed by atoms with van der Waals surface area (Å²) in [6, 6.07) is 17.5. The minimum absolute atomic E-state index is 0.0424. The third-order valence-corrected chi connectivity index (χ3v) is 7.28. The summed E-state index contributed by atoms with van der Waals surface area (Å²) in [6.07, 6.45) is -1.04. The second-order valence-electron chi connectivity index (χ2n) is 12.9. The average Bonchev–Trinajstić information content (AvgIpc) is 3.02. The summed E-state index contributed by atoms with van der Waals surface area (Å²) in [7, 11) is 1.61. The lowest BCUT2D eigenvalue weighted by atomic mass is 9.88.